The Morgan fingerprint density at radius 2 is 1.86 bits per heavy atom. The Morgan fingerprint density at radius 1 is 1.14 bits per heavy atom. The van der Waals surface area contributed by atoms with Crippen molar-refractivity contribution in [2.75, 3.05) is 10.2 Å². The minimum Gasteiger partial charge on any atom is -0.478 e. The van der Waals surface area contributed by atoms with Crippen molar-refractivity contribution in [3.8, 4) is 0 Å². The molecular formula is C21H21N3O4. The highest BCUT2D eigenvalue weighted by Gasteiger charge is 2.48. The Bertz CT molecular complexity index is 905. The van der Waals surface area contributed by atoms with Gasteiger partial charge in [-0.3, -0.25) is 19.5 Å². The van der Waals surface area contributed by atoms with Crippen LogP contribution in [0, 0.1) is 11.8 Å². The van der Waals surface area contributed by atoms with Gasteiger partial charge in [0.2, 0.25) is 11.8 Å². The average molecular weight is 379 g/mol. The molecule has 1 aromatic heterocycles. The monoisotopic (exact) mass is 379 g/mol. The minimum absolute atomic E-state index is 0.0249. The fourth-order valence-corrected chi connectivity index (χ4v) is 4.12. The molecule has 1 saturated carbocycles. The van der Waals surface area contributed by atoms with E-state index in [4.69, 9.17) is 0 Å². The first kappa shape index (κ1) is 18.2. The van der Waals surface area contributed by atoms with Crippen molar-refractivity contribution in [2.45, 2.75) is 32.2 Å². The number of nitrogens with zero attached hydrogens (tertiary/aromatic N) is 2. The van der Waals surface area contributed by atoms with Gasteiger partial charge in [-0.25, -0.2) is 4.79 Å². The molecule has 1 aliphatic heterocycles. The van der Waals surface area contributed by atoms with Gasteiger partial charge in [0.25, 0.3) is 0 Å². The first-order chi connectivity index (χ1) is 13.6. The molecule has 1 aliphatic carbocycles. The second kappa shape index (κ2) is 7.42. The van der Waals surface area contributed by atoms with E-state index in [1.165, 1.54) is 11.0 Å². The van der Waals surface area contributed by atoms with Gasteiger partial charge in [-0.2, -0.15) is 0 Å². The van der Waals surface area contributed by atoms with Gasteiger partial charge < -0.3 is 10.4 Å². The summed E-state index contributed by atoms with van der Waals surface area (Å²) < 4.78 is 0. The Hall–Kier alpha value is -3.22. The van der Waals surface area contributed by atoms with Crippen molar-refractivity contribution >= 4 is 29.2 Å². The number of pyridine rings is 1. The van der Waals surface area contributed by atoms with Crippen LogP contribution in [0.2, 0.25) is 0 Å². The lowest BCUT2D eigenvalue weighted by Gasteiger charge is -2.19. The van der Waals surface area contributed by atoms with Gasteiger partial charge in [0.1, 0.15) is 0 Å². The highest BCUT2D eigenvalue weighted by molar-refractivity contribution is 6.22. The lowest BCUT2D eigenvalue weighted by atomic mass is 9.81. The molecule has 2 aromatic rings. The number of carboxylic acid groups (broad SMARTS) is 1. The van der Waals surface area contributed by atoms with Crippen molar-refractivity contribution in [1.29, 1.82) is 0 Å². The van der Waals surface area contributed by atoms with Crippen LogP contribution >= 0.6 is 0 Å². The molecule has 2 aliphatic rings. The normalized spacial score (nSPS) is 21.5. The summed E-state index contributed by atoms with van der Waals surface area (Å²) in [6.07, 6.45) is 6.72. The van der Waals surface area contributed by atoms with E-state index in [-0.39, 0.29) is 29.2 Å². The summed E-state index contributed by atoms with van der Waals surface area (Å²) in [5.74, 6) is -2.06. The molecule has 0 radical (unpaired) electrons. The van der Waals surface area contributed by atoms with Crippen LogP contribution in [0.1, 0.15) is 41.6 Å². The zero-order chi connectivity index (χ0) is 19.7. The fourth-order valence-electron chi connectivity index (χ4n) is 4.12. The zero-order valence-electron chi connectivity index (χ0n) is 15.3. The van der Waals surface area contributed by atoms with Crippen LogP contribution in [0.4, 0.5) is 11.4 Å². The number of hydrogen-bond acceptors (Lipinski definition) is 5. The SMILES string of the molecule is O=C(O)c1cc(N2C(=O)[C@H]3CCCC[C@H]3C2=O)ccc1NCc1cccnc1. The highest BCUT2D eigenvalue weighted by atomic mass is 16.4. The lowest BCUT2D eigenvalue weighted by Crippen LogP contribution is -2.31. The molecule has 0 spiro atoms. The molecule has 4 rings (SSSR count). The largest absolute Gasteiger partial charge is 0.478 e. The molecule has 1 aromatic carbocycles. The van der Waals surface area contributed by atoms with Crippen LogP contribution < -0.4 is 10.2 Å². The van der Waals surface area contributed by atoms with Crippen molar-refractivity contribution in [3.05, 3.63) is 53.9 Å². The van der Waals surface area contributed by atoms with E-state index >= 15 is 0 Å². The van der Waals surface area contributed by atoms with Crippen LogP contribution in [0.3, 0.4) is 0 Å². The van der Waals surface area contributed by atoms with Crippen LogP contribution in [-0.4, -0.2) is 27.9 Å². The van der Waals surface area contributed by atoms with Gasteiger partial charge >= 0.3 is 5.97 Å². The second-order valence-electron chi connectivity index (χ2n) is 7.26. The first-order valence-corrected chi connectivity index (χ1v) is 9.44. The average Bonchev–Trinajstić information content (AvgIpc) is 2.98. The maximum Gasteiger partial charge on any atom is 0.337 e. The number of aromatic carboxylic acids is 1. The second-order valence-corrected chi connectivity index (χ2v) is 7.26. The van der Waals surface area contributed by atoms with E-state index in [9.17, 15) is 19.5 Å². The minimum atomic E-state index is -1.12. The number of aromatic nitrogens is 1. The molecule has 2 heterocycles. The van der Waals surface area contributed by atoms with Crippen molar-refractivity contribution < 1.29 is 19.5 Å². The summed E-state index contributed by atoms with van der Waals surface area (Å²) in [5.41, 5.74) is 1.69. The number of imide groups is 1. The number of carbonyl (C=O) groups is 3. The van der Waals surface area contributed by atoms with Crippen LogP contribution in [0.15, 0.2) is 42.7 Å². The summed E-state index contributed by atoms with van der Waals surface area (Å²) >= 11 is 0. The topological polar surface area (TPSA) is 99.6 Å². The number of carbonyl (C=O) groups excluding carboxylic acids is 2. The van der Waals surface area contributed by atoms with E-state index in [1.54, 1.807) is 24.5 Å². The Balaban J connectivity index is 1.60. The third kappa shape index (κ3) is 3.24. The number of anilines is 2. The van der Waals surface area contributed by atoms with Gasteiger partial charge in [0.15, 0.2) is 0 Å². The predicted octanol–water partition coefficient (Wildman–Crippen LogP) is 3.07. The molecule has 0 unspecified atom stereocenters. The predicted molar refractivity (Wildman–Crippen MR) is 103 cm³/mol. The van der Waals surface area contributed by atoms with Gasteiger partial charge in [0, 0.05) is 24.6 Å². The molecule has 2 N–H and O–H groups in total. The lowest BCUT2D eigenvalue weighted by molar-refractivity contribution is -0.122. The summed E-state index contributed by atoms with van der Waals surface area (Å²) in [6.45, 7) is 0.416. The fraction of sp³-hybridized carbons (Fsp3) is 0.333. The molecule has 1 saturated heterocycles. The summed E-state index contributed by atoms with van der Waals surface area (Å²) in [7, 11) is 0. The third-order valence-corrected chi connectivity index (χ3v) is 5.54. The van der Waals surface area contributed by atoms with Gasteiger partial charge in [-0.1, -0.05) is 18.9 Å². The number of amides is 2. The molecule has 2 amide bonds. The summed E-state index contributed by atoms with van der Waals surface area (Å²) in [5, 5.41) is 12.7. The molecule has 7 heteroatoms. The Morgan fingerprint density at radius 3 is 2.46 bits per heavy atom. The first-order valence-electron chi connectivity index (χ1n) is 9.44. The number of rotatable bonds is 5. The molecule has 144 valence electrons. The van der Waals surface area contributed by atoms with E-state index in [0.717, 1.165) is 31.2 Å². The standard InChI is InChI=1S/C21H21N3O4/c25-19-15-5-1-2-6-16(15)20(26)24(19)14-7-8-18(17(10-14)21(27)28)23-12-13-4-3-9-22-11-13/h3-4,7-11,15-16,23H,1-2,5-6,12H2,(H,27,28)/t15-,16+. The number of nitrogens with one attached hydrogen (secondary N) is 1. The van der Waals surface area contributed by atoms with E-state index in [0.29, 0.717) is 17.9 Å². The van der Waals surface area contributed by atoms with Gasteiger partial charge in [0.05, 0.1) is 23.1 Å². The summed E-state index contributed by atoms with van der Waals surface area (Å²) in [4.78, 5) is 42.5. The molecule has 2 atom stereocenters. The van der Waals surface area contributed by atoms with Crippen molar-refractivity contribution in [1.82, 2.24) is 4.98 Å². The maximum atomic E-state index is 12.8. The molecule has 0 bridgehead atoms. The van der Waals surface area contributed by atoms with E-state index < -0.39 is 5.97 Å². The van der Waals surface area contributed by atoms with E-state index in [1.807, 2.05) is 12.1 Å². The number of carboxylic acids is 1. The molecule has 28 heavy (non-hydrogen) atoms. The summed E-state index contributed by atoms with van der Waals surface area (Å²) in [6, 6.07) is 8.34. The zero-order valence-corrected chi connectivity index (χ0v) is 15.3. The molecular weight excluding hydrogens is 358 g/mol. The van der Waals surface area contributed by atoms with Crippen molar-refractivity contribution in [2.24, 2.45) is 11.8 Å². The smallest absolute Gasteiger partial charge is 0.337 e. The van der Waals surface area contributed by atoms with E-state index in [2.05, 4.69) is 10.3 Å². The Labute approximate surface area is 162 Å². The Kier molecular flexibility index (Phi) is 4.81. The third-order valence-electron chi connectivity index (χ3n) is 5.54. The maximum absolute atomic E-state index is 12.8. The van der Waals surface area contributed by atoms with Crippen LogP contribution in [-0.2, 0) is 16.1 Å². The van der Waals surface area contributed by atoms with Gasteiger partial charge in [-0.15, -0.1) is 0 Å². The quantitative estimate of drug-likeness (QED) is 0.775. The van der Waals surface area contributed by atoms with Crippen LogP contribution in [0.25, 0.3) is 0 Å². The van der Waals surface area contributed by atoms with Gasteiger partial charge in [-0.05, 0) is 42.7 Å². The number of benzene rings is 1. The number of hydrogen-bond donors (Lipinski definition) is 2. The van der Waals surface area contributed by atoms with Crippen LogP contribution in [0.5, 0.6) is 0 Å². The highest BCUT2D eigenvalue weighted by Crippen LogP contribution is 2.40. The number of fused-ring (bicyclic) bond motifs is 1. The molecule has 2 fully saturated rings. The molecule has 7 nitrogen and oxygen atoms in total. The van der Waals surface area contributed by atoms with Crippen molar-refractivity contribution in [3.63, 3.8) is 0 Å².